The van der Waals surface area contributed by atoms with E-state index in [4.69, 9.17) is 0 Å². The first-order chi connectivity index (χ1) is 12.8. The van der Waals surface area contributed by atoms with Gasteiger partial charge in [-0.2, -0.15) is 0 Å². The molecule has 2 aromatic rings. The second-order valence-electron chi connectivity index (χ2n) is 8.25. The molecule has 0 bridgehead atoms. The van der Waals surface area contributed by atoms with Crippen molar-refractivity contribution in [1.29, 1.82) is 0 Å². The van der Waals surface area contributed by atoms with Crippen molar-refractivity contribution in [3.8, 4) is 0 Å². The molecule has 0 heterocycles. The molecule has 0 saturated heterocycles. The zero-order chi connectivity index (χ0) is 21.3. The summed E-state index contributed by atoms with van der Waals surface area (Å²) in [6.45, 7) is 10.2. The number of amides is 1. The van der Waals surface area contributed by atoms with Gasteiger partial charge < -0.3 is 5.32 Å². The van der Waals surface area contributed by atoms with Crippen molar-refractivity contribution in [2.75, 3.05) is 17.6 Å². The fourth-order valence-corrected chi connectivity index (χ4v) is 3.57. The van der Waals surface area contributed by atoms with E-state index in [9.17, 15) is 13.2 Å². The first kappa shape index (κ1) is 22.0. The van der Waals surface area contributed by atoms with Crippen LogP contribution in [-0.2, 0) is 15.4 Å². The van der Waals surface area contributed by atoms with E-state index in [1.54, 1.807) is 25.1 Å². The molecule has 28 heavy (non-hydrogen) atoms. The molecule has 0 aliphatic rings. The number of hydrogen-bond acceptors (Lipinski definition) is 3. The summed E-state index contributed by atoms with van der Waals surface area (Å²) in [4.78, 5) is 12.8. The van der Waals surface area contributed by atoms with Gasteiger partial charge in [-0.25, -0.2) is 8.42 Å². The second kappa shape index (κ2) is 7.95. The number of anilines is 1. The molecule has 2 aromatic carbocycles. The average molecular weight is 403 g/mol. The molecule has 1 amide bonds. The zero-order valence-corrected chi connectivity index (χ0v) is 18.5. The summed E-state index contributed by atoms with van der Waals surface area (Å²) in [6.07, 6.45) is 1.14. The maximum absolute atomic E-state index is 12.8. The minimum absolute atomic E-state index is 0.0776. The standard InChI is InChI=1S/C22H30N2O3S/c1-15-19(9-8-10-20(15)24(6)28(7,26)27)21(25)23-16(2)17-11-13-18(14-12-17)22(3,4)5/h8-14,16H,1-7H3,(H,23,25)/t16-/m0/s1. The summed E-state index contributed by atoms with van der Waals surface area (Å²) in [5.41, 5.74) is 3.92. The molecule has 0 spiro atoms. The Bertz CT molecular complexity index is 958. The summed E-state index contributed by atoms with van der Waals surface area (Å²) >= 11 is 0. The Kier molecular flexibility index (Phi) is 6.24. The first-order valence-corrected chi connectivity index (χ1v) is 11.1. The Morgan fingerprint density at radius 1 is 1.07 bits per heavy atom. The van der Waals surface area contributed by atoms with E-state index in [0.29, 0.717) is 16.8 Å². The van der Waals surface area contributed by atoms with Crippen LogP contribution >= 0.6 is 0 Å². The molecule has 0 unspecified atom stereocenters. The average Bonchev–Trinajstić information content (AvgIpc) is 2.59. The summed E-state index contributed by atoms with van der Waals surface area (Å²) < 4.78 is 24.9. The number of nitrogens with zero attached hydrogens (tertiary/aromatic N) is 1. The summed E-state index contributed by atoms with van der Waals surface area (Å²) in [6, 6.07) is 13.2. The van der Waals surface area contributed by atoms with Crippen LogP contribution in [0.5, 0.6) is 0 Å². The molecule has 0 saturated carbocycles. The second-order valence-corrected chi connectivity index (χ2v) is 10.3. The Hall–Kier alpha value is -2.34. The van der Waals surface area contributed by atoms with Crippen molar-refractivity contribution in [3.05, 3.63) is 64.7 Å². The van der Waals surface area contributed by atoms with Crippen LogP contribution in [0.1, 0.15) is 60.8 Å². The number of sulfonamides is 1. The number of rotatable bonds is 5. The first-order valence-electron chi connectivity index (χ1n) is 9.27. The van der Waals surface area contributed by atoms with Crippen LogP contribution in [-0.4, -0.2) is 27.6 Å². The van der Waals surface area contributed by atoms with E-state index < -0.39 is 10.0 Å². The normalized spacial score (nSPS) is 13.1. The maximum Gasteiger partial charge on any atom is 0.252 e. The van der Waals surface area contributed by atoms with Gasteiger partial charge in [-0.1, -0.05) is 51.1 Å². The molecule has 0 aliphatic carbocycles. The van der Waals surface area contributed by atoms with Gasteiger partial charge in [0.15, 0.2) is 0 Å². The van der Waals surface area contributed by atoms with Gasteiger partial charge in [-0.15, -0.1) is 0 Å². The molecule has 1 atom stereocenters. The summed E-state index contributed by atoms with van der Waals surface area (Å²) in [5, 5.41) is 3.01. The fraction of sp³-hybridized carbons (Fsp3) is 0.409. The third-order valence-corrected chi connectivity index (χ3v) is 6.20. The van der Waals surface area contributed by atoms with Crippen molar-refractivity contribution in [1.82, 2.24) is 5.32 Å². The minimum atomic E-state index is -3.40. The predicted octanol–water partition coefficient (Wildman–Crippen LogP) is 4.18. The molecular formula is C22H30N2O3S. The van der Waals surface area contributed by atoms with E-state index in [2.05, 4.69) is 38.2 Å². The molecule has 5 nitrogen and oxygen atoms in total. The predicted molar refractivity (Wildman–Crippen MR) is 115 cm³/mol. The van der Waals surface area contributed by atoms with E-state index in [0.717, 1.165) is 11.8 Å². The number of benzene rings is 2. The molecule has 0 aliphatic heterocycles. The molecule has 2 rings (SSSR count). The van der Waals surface area contributed by atoms with E-state index in [1.165, 1.54) is 16.9 Å². The smallest absolute Gasteiger partial charge is 0.252 e. The van der Waals surface area contributed by atoms with Crippen LogP contribution in [0, 0.1) is 6.92 Å². The van der Waals surface area contributed by atoms with Crippen LogP contribution in [0.4, 0.5) is 5.69 Å². The Morgan fingerprint density at radius 3 is 2.14 bits per heavy atom. The SMILES string of the molecule is Cc1c(C(=O)N[C@@H](C)c2ccc(C(C)(C)C)cc2)cccc1N(C)S(C)(=O)=O. The maximum atomic E-state index is 12.8. The third kappa shape index (κ3) is 4.93. The Labute approximate surface area is 168 Å². The van der Waals surface area contributed by atoms with Crippen LogP contribution in [0.25, 0.3) is 0 Å². The molecule has 0 aromatic heterocycles. The van der Waals surface area contributed by atoms with Crippen LogP contribution < -0.4 is 9.62 Å². The van der Waals surface area contributed by atoms with Crippen molar-refractivity contribution in [2.24, 2.45) is 0 Å². The largest absolute Gasteiger partial charge is 0.346 e. The monoisotopic (exact) mass is 402 g/mol. The summed E-state index contributed by atoms with van der Waals surface area (Å²) in [7, 11) is -1.92. The van der Waals surface area contributed by atoms with Gasteiger partial charge in [0.05, 0.1) is 18.0 Å². The highest BCUT2D eigenvalue weighted by atomic mass is 32.2. The van der Waals surface area contributed by atoms with Crippen molar-refractivity contribution < 1.29 is 13.2 Å². The van der Waals surface area contributed by atoms with Gasteiger partial charge in [-0.05, 0) is 48.1 Å². The Balaban J connectivity index is 2.23. The van der Waals surface area contributed by atoms with Gasteiger partial charge >= 0.3 is 0 Å². The van der Waals surface area contributed by atoms with Gasteiger partial charge in [0, 0.05) is 12.6 Å². The minimum Gasteiger partial charge on any atom is -0.346 e. The zero-order valence-electron chi connectivity index (χ0n) is 17.7. The number of nitrogens with one attached hydrogen (secondary N) is 1. The van der Waals surface area contributed by atoms with Crippen molar-refractivity contribution >= 4 is 21.6 Å². The van der Waals surface area contributed by atoms with Crippen LogP contribution in [0.15, 0.2) is 42.5 Å². The van der Waals surface area contributed by atoms with E-state index in [-0.39, 0.29) is 17.4 Å². The topological polar surface area (TPSA) is 66.5 Å². The van der Waals surface area contributed by atoms with Crippen molar-refractivity contribution in [2.45, 2.75) is 46.1 Å². The lowest BCUT2D eigenvalue weighted by atomic mass is 9.86. The lowest BCUT2D eigenvalue weighted by Crippen LogP contribution is -2.29. The third-order valence-electron chi connectivity index (χ3n) is 5.01. The van der Waals surface area contributed by atoms with Crippen LogP contribution in [0.2, 0.25) is 0 Å². The molecule has 0 fully saturated rings. The van der Waals surface area contributed by atoms with E-state index in [1.807, 2.05) is 19.1 Å². The molecule has 1 N–H and O–H groups in total. The summed E-state index contributed by atoms with van der Waals surface area (Å²) in [5.74, 6) is -0.228. The molecule has 152 valence electrons. The fourth-order valence-electron chi connectivity index (χ4n) is 3.02. The van der Waals surface area contributed by atoms with Gasteiger partial charge in [0.2, 0.25) is 10.0 Å². The lowest BCUT2D eigenvalue weighted by molar-refractivity contribution is 0.0939. The Morgan fingerprint density at radius 2 is 1.64 bits per heavy atom. The van der Waals surface area contributed by atoms with Gasteiger partial charge in [0.1, 0.15) is 0 Å². The highest BCUT2D eigenvalue weighted by molar-refractivity contribution is 7.92. The quantitative estimate of drug-likeness (QED) is 0.816. The molecular weight excluding hydrogens is 372 g/mol. The van der Waals surface area contributed by atoms with Crippen LogP contribution in [0.3, 0.4) is 0 Å². The number of carbonyl (C=O) groups excluding carboxylic acids is 1. The van der Waals surface area contributed by atoms with Gasteiger partial charge in [-0.3, -0.25) is 9.10 Å². The van der Waals surface area contributed by atoms with E-state index >= 15 is 0 Å². The molecule has 0 radical (unpaired) electrons. The lowest BCUT2D eigenvalue weighted by Gasteiger charge is -2.22. The highest BCUT2D eigenvalue weighted by Crippen LogP contribution is 2.26. The molecule has 6 heteroatoms. The van der Waals surface area contributed by atoms with Gasteiger partial charge in [0.25, 0.3) is 5.91 Å². The number of carbonyl (C=O) groups is 1. The highest BCUT2D eigenvalue weighted by Gasteiger charge is 2.20. The van der Waals surface area contributed by atoms with Crippen molar-refractivity contribution in [3.63, 3.8) is 0 Å². The number of hydrogen-bond donors (Lipinski definition) is 1.